The number of anilines is 2. The highest BCUT2D eigenvalue weighted by Crippen LogP contribution is 2.19. The first kappa shape index (κ1) is 17.6. The highest BCUT2D eigenvalue weighted by atomic mass is 19.1. The first-order valence-corrected chi connectivity index (χ1v) is 6.70. The molecular formula is C16H20F2N4. The summed E-state index contributed by atoms with van der Waals surface area (Å²) in [4.78, 5) is 7.66. The number of allylic oxidation sites excluding steroid dienone is 1. The molecule has 0 amide bonds. The summed E-state index contributed by atoms with van der Waals surface area (Å²) in [7, 11) is 0. The van der Waals surface area contributed by atoms with E-state index in [0.29, 0.717) is 17.1 Å². The van der Waals surface area contributed by atoms with Crippen molar-refractivity contribution in [2.24, 2.45) is 0 Å². The van der Waals surface area contributed by atoms with Crippen LogP contribution in [0, 0.1) is 11.6 Å². The predicted molar refractivity (Wildman–Crippen MR) is 86.0 cm³/mol. The van der Waals surface area contributed by atoms with Gasteiger partial charge in [-0.2, -0.15) is 0 Å². The Bertz CT molecular complexity index is 669. The third kappa shape index (κ3) is 4.80. The second kappa shape index (κ2) is 7.49. The average molecular weight is 306 g/mol. The van der Waals surface area contributed by atoms with Crippen LogP contribution in [0.1, 0.15) is 38.1 Å². The molecule has 4 N–H and O–H groups in total. The molecule has 4 nitrogen and oxygen atoms in total. The third-order valence-corrected chi connectivity index (χ3v) is 2.75. The fourth-order valence-corrected chi connectivity index (χ4v) is 1.76. The number of nitrogens with two attached hydrogens (primary N) is 2. The lowest BCUT2D eigenvalue weighted by molar-refractivity contribution is 0.618. The third-order valence-electron chi connectivity index (χ3n) is 2.75. The van der Waals surface area contributed by atoms with Crippen LogP contribution in [-0.2, 0) is 0 Å². The van der Waals surface area contributed by atoms with Crippen molar-refractivity contribution < 1.29 is 8.78 Å². The summed E-state index contributed by atoms with van der Waals surface area (Å²) in [6.07, 6.45) is 2.31. The fourth-order valence-electron chi connectivity index (χ4n) is 1.76. The van der Waals surface area contributed by atoms with Gasteiger partial charge in [0.25, 0.3) is 0 Å². The maximum atomic E-state index is 12.5. The molecule has 0 unspecified atom stereocenters. The van der Waals surface area contributed by atoms with Crippen molar-refractivity contribution in [2.75, 3.05) is 11.5 Å². The predicted octanol–water partition coefficient (Wildman–Crippen LogP) is 3.76. The zero-order valence-electron chi connectivity index (χ0n) is 12.9. The first-order chi connectivity index (χ1) is 10.2. The van der Waals surface area contributed by atoms with Crippen molar-refractivity contribution in [3.05, 3.63) is 54.1 Å². The number of rotatable bonds is 2. The zero-order chi connectivity index (χ0) is 16.9. The van der Waals surface area contributed by atoms with Crippen LogP contribution in [0.4, 0.5) is 20.2 Å². The lowest BCUT2D eigenvalue weighted by Gasteiger charge is -2.06. The van der Waals surface area contributed by atoms with Crippen molar-refractivity contribution in [3.63, 3.8) is 0 Å². The van der Waals surface area contributed by atoms with Gasteiger partial charge in [0, 0.05) is 12.1 Å². The van der Waals surface area contributed by atoms with E-state index in [1.165, 1.54) is 18.3 Å². The summed E-state index contributed by atoms with van der Waals surface area (Å²) in [6, 6.07) is 2.53. The zero-order valence-corrected chi connectivity index (χ0v) is 12.9. The smallest absolute Gasteiger partial charge is 0.143 e. The topological polar surface area (TPSA) is 77.8 Å². The molecule has 2 aromatic heterocycles. The van der Waals surface area contributed by atoms with Gasteiger partial charge in [-0.15, -0.1) is 0 Å². The molecule has 0 atom stereocenters. The second-order valence-electron chi connectivity index (χ2n) is 5.15. The maximum absolute atomic E-state index is 12.5. The summed E-state index contributed by atoms with van der Waals surface area (Å²) in [5, 5.41) is 0. The van der Waals surface area contributed by atoms with Crippen molar-refractivity contribution in [1.82, 2.24) is 9.97 Å². The van der Waals surface area contributed by atoms with Gasteiger partial charge in [-0.3, -0.25) is 9.97 Å². The maximum Gasteiger partial charge on any atom is 0.143 e. The van der Waals surface area contributed by atoms with Gasteiger partial charge in [-0.05, 0) is 18.4 Å². The van der Waals surface area contributed by atoms with Crippen LogP contribution in [0.15, 0.2) is 31.1 Å². The minimum Gasteiger partial charge on any atom is -0.397 e. The van der Waals surface area contributed by atoms with Gasteiger partial charge >= 0.3 is 0 Å². The summed E-state index contributed by atoms with van der Waals surface area (Å²) in [6.45, 7) is 9.36. The monoisotopic (exact) mass is 306 g/mol. The lowest BCUT2D eigenvalue weighted by atomic mass is 10.1. The van der Waals surface area contributed by atoms with E-state index in [1.807, 2.05) is 13.8 Å². The first-order valence-electron chi connectivity index (χ1n) is 6.70. The largest absolute Gasteiger partial charge is 0.397 e. The molecule has 6 heteroatoms. The van der Waals surface area contributed by atoms with Gasteiger partial charge in [-0.25, -0.2) is 8.78 Å². The normalized spacial score (nSPS) is 10.1. The molecule has 0 aliphatic carbocycles. The Labute approximate surface area is 128 Å². The Hall–Kier alpha value is -2.50. The van der Waals surface area contributed by atoms with Crippen LogP contribution < -0.4 is 11.5 Å². The number of halogens is 2. The van der Waals surface area contributed by atoms with Crippen LogP contribution in [0.2, 0.25) is 0 Å². The van der Waals surface area contributed by atoms with Gasteiger partial charge < -0.3 is 11.5 Å². The van der Waals surface area contributed by atoms with E-state index in [-0.39, 0.29) is 11.7 Å². The van der Waals surface area contributed by atoms with Crippen LogP contribution >= 0.6 is 0 Å². The molecule has 2 aromatic rings. The number of hydrogen-bond donors (Lipinski definition) is 2. The van der Waals surface area contributed by atoms with Crippen LogP contribution in [0.3, 0.4) is 0 Å². The molecule has 2 rings (SSSR count). The molecule has 0 saturated carbocycles. The molecule has 0 radical (unpaired) electrons. The van der Waals surface area contributed by atoms with Gasteiger partial charge in [0.2, 0.25) is 0 Å². The van der Waals surface area contributed by atoms with E-state index in [0.717, 1.165) is 17.5 Å². The van der Waals surface area contributed by atoms with Gasteiger partial charge in [-0.1, -0.05) is 20.4 Å². The average Bonchev–Trinajstić information content (AvgIpc) is 2.38. The summed E-state index contributed by atoms with van der Waals surface area (Å²) in [5.74, 6) is -0.560. The van der Waals surface area contributed by atoms with Crippen molar-refractivity contribution in [3.8, 4) is 0 Å². The molecule has 2 heterocycles. The van der Waals surface area contributed by atoms with E-state index in [4.69, 9.17) is 11.5 Å². The van der Waals surface area contributed by atoms with Gasteiger partial charge in [0.15, 0.2) is 0 Å². The van der Waals surface area contributed by atoms with E-state index in [9.17, 15) is 8.78 Å². The molecule has 118 valence electrons. The van der Waals surface area contributed by atoms with Crippen LogP contribution in [-0.4, -0.2) is 9.97 Å². The van der Waals surface area contributed by atoms with E-state index < -0.39 is 5.82 Å². The number of nitrogen functional groups attached to an aromatic ring is 2. The number of hydrogen-bond acceptors (Lipinski definition) is 4. The lowest BCUT2D eigenvalue weighted by Crippen LogP contribution is -2.00. The molecule has 0 aliphatic rings. The van der Waals surface area contributed by atoms with E-state index in [2.05, 4.69) is 16.5 Å². The summed E-state index contributed by atoms with van der Waals surface area (Å²) in [5.41, 5.74) is 13.8. The standard InChI is InChI=1S/C8H11FN2.C8H9FN2/c2*1-5(2)8-7(10)3-6(9)4-11-8/h3-5H,10H2,1-2H3;3-4H,1,10H2,2H3. The van der Waals surface area contributed by atoms with Crippen LogP contribution in [0.25, 0.3) is 5.57 Å². The highest BCUT2D eigenvalue weighted by molar-refractivity contribution is 5.68. The molecule has 0 aliphatic heterocycles. The Balaban J connectivity index is 0.000000220. The van der Waals surface area contributed by atoms with Crippen molar-refractivity contribution >= 4 is 16.9 Å². The van der Waals surface area contributed by atoms with E-state index >= 15 is 0 Å². The highest BCUT2D eigenvalue weighted by Gasteiger charge is 2.05. The molecule has 0 fully saturated rings. The molecule has 0 spiro atoms. The van der Waals surface area contributed by atoms with Crippen molar-refractivity contribution in [2.45, 2.75) is 26.7 Å². The molecule has 0 aromatic carbocycles. The van der Waals surface area contributed by atoms with Gasteiger partial charge in [0.1, 0.15) is 11.6 Å². The molecule has 0 saturated heterocycles. The Morgan fingerprint density at radius 3 is 1.95 bits per heavy atom. The molecular weight excluding hydrogens is 286 g/mol. The summed E-state index contributed by atoms with van der Waals surface area (Å²) < 4.78 is 24.9. The quantitative estimate of drug-likeness (QED) is 0.885. The fraction of sp³-hybridized carbons (Fsp3) is 0.250. The number of aromatic nitrogens is 2. The second-order valence-corrected chi connectivity index (χ2v) is 5.15. The Kier molecular flexibility index (Phi) is 5.98. The Morgan fingerprint density at radius 2 is 1.55 bits per heavy atom. The molecule has 0 bridgehead atoms. The SMILES string of the molecule is C=C(C)c1ncc(F)cc1N.CC(C)c1ncc(F)cc1N. The van der Waals surface area contributed by atoms with Crippen LogP contribution in [0.5, 0.6) is 0 Å². The molecule has 22 heavy (non-hydrogen) atoms. The van der Waals surface area contributed by atoms with Gasteiger partial charge in [0.05, 0.1) is 35.2 Å². The Morgan fingerprint density at radius 1 is 1.05 bits per heavy atom. The number of pyridine rings is 2. The van der Waals surface area contributed by atoms with E-state index in [1.54, 1.807) is 6.92 Å². The minimum atomic E-state index is -0.424. The minimum absolute atomic E-state index is 0.246. The summed E-state index contributed by atoms with van der Waals surface area (Å²) >= 11 is 0. The van der Waals surface area contributed by atoms with Crippen molar-refractivity contribution in [1.29, 1.82) is 0 Å². The number of nitrogens with zero attached hydrogens (tertiary/aromatic N) is 2.